The third-order valence-corrected chi connectivity index (χ3v) is 2.71. The number of aliphatic hydroxyl groups is 1. The Bertz CT molecular complexity index is 196. The Kier molecular flexibility index (Phi) is 4.35. The third kappa shape index (κ3) is 3.64. The normalized spacial score (nSPS) is 29.9. The number of carbonyl (C=O) groups is 1. The van der Waals surface area contributed by atoms with E-state index in [0.717, 1.165) is 25.7 Å². The van der Waals surface area contributed by atoms with Gasteiger partial charge in [-0.15, -0.1) is 0 Å². The largest absolute Gasteiger partial charge is 0.481 e. The molecule has 0 aromatic carbocycles. The molecule has 0 amide bonds. The zero-order valence-corrected chi connectivity index (χ0v) is 8.57. The lowest BCUT2D eigenvalue weighted by molar-refractivity contribution is -0.137. The number of carboxylic acids is 1. The zero-order valence-electron chi connectivity index (χ0n) is 8.57. The second-order valence-electron chi connectivity index (χ2n) is 4.12. The topological polar surface area (TPSA) is 69.6 Å². The van der Waals surface area contributed by atoms with E-state index in [1.54, 1.807) is 0 Å². The van der Waals surface area contributed by atoms with Crippen LogP contribution in [0.5, 0.6) is 0 Å². The lowest BCUT2D eigenvalue weighted by atomic mass is 9.92. The van der Waals surface area contributed by atoms with Gasteiger partial charge in [-0.05, 0) is 19.8 Å². The fraction of sp³-hybridized carbons (Fsp3) is 0.900. The van der Waals surface area contributed by atoms with Crippen LogP contribution in [-0.4, -0.2) is 34.4 Å². The summed E-state index contributed by atoms with van der Waals surface area (Å²) in [6.45, 7) is 1.84. The smallest absolute Gasteiger partial charge is 0.304 e. The second kappa shape index (κ2) is 5.32. The molecule has 1 aliphatic carbocycles. The molecule has 1 saturated carbocycles. The lowest BCUT2D eigenvalue weighted by Gasteiger charge is -2.30. The molecular formula is C10H19NO3. The van der Waals surface area contributed by atoms with Gasteiger partial charge in [0.1, 0.15) is 0 Å². The predicted molar refractivity (Wildman–Crippen MR) is 53.1 cm³/mol. The van der Waals surface area contributed by atoms with Crippen molar-refractivity contribution in [1.29, 1.82) is 0 Å². The lowest BCUT2D eigenvalue weighted by Crippen LogP contribution is -2.46. The van der Waals surface area contributed by atoms with E-state index >= 15 is 0 Å². The Morgan fingerprint density at radius 2 is 2.14 bits per heavy atom. The van der Waals surface area contributed by atoms with Crippen LogP contribution in [-0.2, 0) is 4.79 Å². The summed E-state index contributed by atoms with van der Waals surface area (Å²) >= 11 is 0. The van der Waals surface area contributed by atoms with Crippen molar-refractivity contribution in [3.63, 3.8) is 0 Å². The number of aliphatic hydroxyl groups excluding tert-OH is 1. The maximum absolute atomic E-state index is 10.4. The fourth-order valence-corrected chi connectivity index (χ4v) is 1.99. The highest BCUT2D eigenvalue weighted by molar-refractivity contribution is 5.67. The van der Waals surface area contributed by atoms with Crippen molar-refractivity contribution in [3.8, 4) is 0 Å². The summed E-state index contributed by atoms with van der Waals surface area (Å²) in [5.74, 6) is -0.796. The minimum atomic E-state index is -0.796. The van der Waals surface area contributed by atoms with Gasteiger partial charge >= 0.3 is 5.97 Å². The molecule has 0 saturated heterocycles. The predicted octanol–water partition coefficient (Wildman–Crippen LogP) is 0.743. The molecule has 0 heterocycles. The highest BCUT2D eigenvalue weighted by Gasteiger charge is 2.24. The highest BCUT2D eigenvalue weighted by atomic mass is 16.4. The van der Waals surface area contributed by atoms with E-state index in [1.807, 2.05) is 6.92 Å². The van der Waals surface area contributed by atoms with Crippen LogP contribution in [0.25, 0.3) is 0 Å². The molecule has 0 aromatic rings. The van der Waals surface area contributed by atoms with E-state index in [4.69, 9.17) is 5.11 Å². The summed E-state index contributed by atoms with van der Waals surface area (Å²) in [4.78, 5) is 10.4. The van der Waals surface area contributed by atoms with Gasteiger partial charge in [0.2, 0.25) is 0 Å². The minimum Gasteiger partial charge on any atom is -0.481 e. The highest BCUT2D eigenvalue weighted by Crippen LogP contribution is 2.18. The molecule has 4 nitrogen and oxygen atoms in total. The molecule has 0 radical (unpaired) electrons. The Balaban J connectivity index is 2.30. The molecule has 1 fully saturated rings. The van der Waals surface area contributed by atoms with Crippen LogP contribution < -0.4 is 5.32 Å². The first-order valence-electron chi connectivity index (χ1n) is 5.25. The summed E-state index contributed by atoms with van der Waals surface area (Å²) in [7, 11) is 0. The zero-order chi connectivity index (χ0) is 10.6. The van der Waals surface area contributed by atoms with Crippen LogP contribution in [0.1, 0.15) is 39.0 Å². The molecule has 0 spiro atoms. The van der Waals surface area contributed by atoms with E-state index in [1.165, 1.54) is 0 Å². The van der Waals surface area contributed by atoms with Crippen LogP contribution >= 0.6 is 0 Å². The number of carboxylic acid groups (broad SMARTS) is 1. The van der Waals surface area contributed by atoms with Gasteiger partial charge in [-0.25, -0.2) is 0 Å². The molecule has 4 heteroatoms. The summed E-state index contributed by atoms with van der Waals surface area (Å²) in [6, 6.07) is 0.0170. The molecule has 1 rings (SSSR count). The second-order valence-corrected chi connectivity index (χ2v) is 4.12. The quantitative estimate of drug-likeness (QED) is 0.627. The molecule has 3 atom stereocenters. The first-order chi connectivity index (χ1) is 6.59. The molecular weight excluding hydrogens is 182 g/mol. The first kappa shape index (κ1) is 11.5. The molecule has 14 heavy (non-hydrogen) atoms. The van der Waals surface area contributed by atoms with Crippen molar-refractivity contribution in [2.45, 2.75) is 57.2 Å². The maximum atomic E-state index is 10.4. The van der Waals surface area contributed by atoms with E-state index < -0.39 is 5.97 Å². The molecule has 82 valence electrons. The number of aliphatic carboxylic acids is 1. The standard InChI is InChI=1S/C10H19NO3/c1-7(6-10(13)14)11-8-4-2-3-5-9(8)12/h7-9,11-12H,2-6H2,1H3,(H,13,14). The van der Waals surface area contributed by atoms with Gasteiger partial charge in [-0.3, -0.25) is 4.79 Å². The van der Waals surface area contributed by atoms with Gasteiger partial charge in [0.05, 0.1) is 12.5 Å². The van der Waals surface area contributed by atoms with Crippen molar-refractivity contribution in [2.24, 2.45) is 0 Å². The van der Waals surface area contributed by atoms with Crippen molar-refractivity contribution < 1.29 is 15.0 Å². The Morgan fingerprint density at radius 3 is 2.71 bits per heavy atom. The van der Waals surface area contributed by atoms with Crippen molar-refractivity contribution in [3.05, 3.63) is 0 Å². The van der Waals surface area contributed by atoms with Crippen LogP contribution in [0.15, 0.2) is 0 Å². The third-order valence-electron chi connectivity index (χ3n) is 2.71. The molecule has 0 aliphatic heterocycles. The van der Waals surface area contributed by atoms with E-state index in [9.17, 15) is 9.90 Å². The van der Waals surface area contributed by atoms with Crippen LogP contribution in [0.2, 0.25) is 0 Å². The van der Waals surface area contributed by atoms with Gasteiger partial charge in [0.15, 0.2) is 0 Å². The van der Waals surface area contributed by atoms with Crippen molar-refractivity contribution in [1.82, 2.24) is 5.32 Å². The van der Waals surface area contributed by atoms with Crippen LogP contribution in [0, 0.1) is 0 Å². The first-order valence-corrected chi connectivity index (χ1v) is 5.25. The number of hydrogen-bond donors (Lipinski definition) is 3. The van der Waals surface area contributed by atoms with Gasteiger partial charge in [0, 0.05) is 12.1 Å². The van der Waals surface area contributed by atoms with Gasteiger partial charge < -0.3 is 15.5 Å². The molecule has 3 N–H and O–H groups in total. The number of hydrogen-bond acceptors (Lipinski definition) is 3. The summed E-state index contributed by atoms with van der Waals surface area (Å²) in [5.41, 5.74) is 0. The van der Waals surface area contributed by atoms with E-state index in [-0.39, 0.29) is 24.6 Å². The molecule has 1 aliphatic rings. The number of rotatable bonds is 4. The van der Waals surface area contributed by atoms with Crippen molar-refractivity contribution in [2.75, 3.05) is 0 Å². The summed E-state index contributed by atoms with van der Waals surface area (Å²) in [5, 5.41) is 21.4. The van der Waals surface area contributed by atoms with Gasteiger partial charge in [-0.1, -0.05) is 12.8 Å². The number of nitrogens with one attached hydrogen (secondary N) is 1. The summed E-state index contributed by atoms with van der Waals surface area (Å²) < 4.78 is 0. The minimum absolute atomic E-state index is 0.0646. The average Bonchev–Trinajstić information content (AvgIpc) is 2.07. The van der Waals surface area contributed by atoms with Crippen LogP contribution in [0.3, 0.4) is 0 Å². The summed E-state index contributed by atoms with van der Waals surface area (Å²) in [6.07, 6.45) is 3.78. The van der Waals surface area contributed by atoms with Gasteiger partial charge in [0.25, 0.3) is 0 Å². The average molecular weight is 201 g/mol. The van der Waals surface area contributed by atoms with Crippen LogP contribution in [0.4, 0.5) is 0 Å². The maximum Gasteiger partial charge on any atom is 0.304 e. The molecule has 0 bridgehead atoms. The van der Waals surface area contributed by atoms with Crippen molar-refractivity contribution >= 4 is 5.97 Å². The Hall–Kier alpha value is -0.610. The van der Waals surface area contributed by atoms with E-state index in [0.29, 0.717) is 0 Å². The van der Waals surface area contributed by atoms with E-state index in [2.05, 4.69) is 5.32 Å². The molecule has 0 aromatic heterocycles. The van der Waals surface area contributed by atoms with Gasteiger partial charge in [-0.2, -0.15) is 0 Å². The molecule has 3 unspecified atom stereocenters. The Morgan fingerprint density at radius 1 is 1.50 bits per heavy atom. The SMILES string of the molecule is CC(CC(=O)O)NC1CCCCC1O. The fourth-order valence-electron chi connectivity index (χ4n) is 1.99. The Labute approximate surface area is 84.3 Å². The monoisotopic (exact) mass is 201 g/mol.